The molecule has 1 heterocycles. The van der Waals surface area contributed by atoms with Gasteiger partial charge in [0.25, 0.3) is 0 Å². The fraction of sp³-hybridized carbons (Fsp3) is 0.722. The monoisotopic (exact) mass is 353 g/mol. The van der Waals surface area contributed by atoms with E-state index in [1.54, 1.807) is 6.92 Å². The fourth-order valence-electron chi connectivity index (χ4n) is 2.89. The zero-order chi connectivity index (χ0) is 18.8. The summed E-state index contributed by atoms with van der Waals surface area (Å²) >= 11 is 0. The largest absolute Gasteiger partial charge is 0.464 e. The highest BCUT2D eigenvalue weighted by molar-refractivity contribution is 5.84. The van der Waals surface area contributed by atoms with E-state index in [9.17, 15) is 14.4 Å². The van der Waals surface area contributed by atoms with Crippen LogP contribution in [0.4, 0.5) is 4.79 Å². The van der Waals surface area contributed by atoms with Crippen LogP contribution in [-0.2, 0) is 14.3 Å². The smallest absolute Gasteiger partial charge is 0.328 e. The number of allylic oxidation sites excluding steroid dienone is 1. The van der Waals surface area contributed by atoms with Crippen LogP contribution in [0.5, 0.6) is 0 Å². The summed E-state index contributed by atoms with van der Waals surface area (Å²) in [6.07, 6.45) is 5.51. The lowest BCUT2D eigenvalue weighted by Crippen LogP contribution is -2.50. The van der Waals surface area contributed by atoms with E-state index >= 15 is 0 Å². The second-order valence-electron chi connectivity index (χ2n) is 6.70. The van der Waals surface area contributed by atoms with E-state index in [2.05, 4.69) is 16.0 Å². The molecule has 0 aromatic rings. The summed E-state index contributed by atoms with van der Waals surface area (Å²) in [6, 6.07) is -1.37. The van der Waals surface area contributed by atoms with Gasteiger partial charge in [-0.3, -0.25) is 4.79 Å². The molecule has 0 aromatic heterocycles. The van der Waals surface area contributed by atoms with Crippen LogP contribution in [0.2, 0.25) is 0 Å². The number of rotatable bonds is 9. The predicted molar refractivity (Wildman–Crippen MR) is 95.9 cm³/mol. The Morgan fingerprint density at radius 1 is 1.36 bits per heavy atom. The zero-order valence-corrected chi connectivity index (χ0v) is 15.6. The summed E-state index contributed by atoms with van der Waals surface area (Å²) < 4.78 is 5.03. The maximum atomic E-state index is 12.3. The Hall–Kier alpha value is -2.05. The second kappa shape index (κ2) is 10.7. The highest BCUT2D eigenvalue weighted by atomic mass is 16.5. The molecule has 1 rings (SSSR count). The average molecular weight is 353 g/mol. The van der Waals surface area contributed by atoms with Crippen molar-refractivity contribution >= 4 is 17.9 Å². The van der Waals surface area contributed by atoms with E-state index < -0.39 is 18.0 Å². The van der Waals surface area contributed by atoms with E-state index in [1.807, 2.05) is 32.9 Å². The van der Waals surface area contributed by atoms with E-state index in [-0.39, 0.29) is 30.4 Å². The molecule has 0 unspecified atom stereocenters. The number of amides is 3. The van der Waals surface area contributed by atoms with Crippen molar-refractivity contribution in [3.63, 3.8) is 0 Å². The topological polar surface area (TPSA) is 96.5 Å². The standard InChI is InChI=1S/C18H31N3O4/c1-5-7-14(11-13-8-9-19-16(13)22)20-18(24)21-15(10-12(3)4)17(23)25-6-2/h5,7,12-15H,6,8-11H2,1-4H3,(H,19,22)(H2,20,21,24)/b7-5+/t13-,14+,15-/m0/s1. The quantitative estimate of drug-likeness (QED) is 0.434. The van der Waals surface area contributed by atoms with Gasteiger partial charge in [-0.1, -0.05) is 26.0 Å². The molecule has 0 aliphatic carbocycles. The van der Waals surface area contributed by atoms with Gasteiger partial charge in [0.2, 0.25) is 5.91 Å². The third kappa shape index (κ3) is 7.58. The van der Waals surface area contributed by atoms with Crippen LogP contribution in [0.1, 0.15) is 47.0 Å². The molecular weight excluding hydrogens is 322 g/mol. The molecule has 25 heavy (non-hydrogen) atoms. The van der Waals surface area contributed by atoms with Gasteiger partial charge in [-0.2, -0.15) is 0 Å². The molecule has 3 N–H and O–H groups in total. The van der Waals surface area contributed by atoms with Crippen molar-refractivity contribution in [2.75, 3.05) is 13.2 Å². The van der Waals surface area contributed by atoms with Crippen LogP contribution < -0.4 is 16.0 Å². The molecule has 0 bridgehead atoms. The van der Waals surface area contributed by atoms with Crippen LogP contribution in [0.25, 0.3) is 0 Å². The molecule has 0 spiro atoms. The lowest BCUT2D eigenvalue weighted by Gasteiger charge is -2.22. The minimum Gasteiger partial charge on any atom is -0.464 e. The number of esters is 1. The fourth-order valence-corrected chi connectivity index (χ4v) is 2.89. The molecular formula is C18H31N3O4. The van der Waals surface area contributed by atoms with Gasteiger partial charge in [0.15, 0.2) is 0 Å². The van der Waals surface area contributed by atoms with E-state index in [0.717, 1.165) is 6.42 Å². The van der Waals surface area contributed by atoms with Gasteiger partial charge in [-0.15, -0.1) is 0 Å². The van der Waals surface area contributed by atoms with Gasteiger partial charge in [-0.05, 0) is 39.0 Å². The number of carbonyl (C=O) groups is 3. The molecule has 0 radical (unpaired) electrons. The van der Waals surface area contributed by atoms with Crippen LogP contribution in [0, 0.1) is 11.8 Å². The molecule has 3 amide bonds. The average Bonchev–Trinajstić information content (AvgIpc) is 2.91. The van der Waals surface area contributed by atoms with Crippen molar-refractivity contribution in [1.29, 1.82) is 0 Å². The summed E-state index contributed by atoms with van der Waals surface area (Å²) in [5.41, 5.74) is 0. The molecule has 0 saturated carbocycles. The first-order valence-corrected chi connectivity index (χ1v) is 9.01. The predicted octanol–water partition coefficient (Wildman–Crippen LogP) is 1.73. The van der Waals surface area contributed by atoms with Crippen molar-refractivity contribution < 1.29 is 19.1 Å². The van der Waals surface area contributed by atoms with E-state index in [0.29, 0.717) is 19.4 Å². The maximum absolute atomic E-state index is 12.3. The first kappa shape index (κ1) is 21.0. The van der Waals surface area contributed by atoms with Crippen molar-refractivity contribution in [2.24, 2.45) is 11.8 Å². The van der Waals surface area contributed by atoms with Crippen molar-refractivity contribution in [3.8, 4) is 0 Å². The number of ether oxygens (including phenoxy) is 1. The first-order valence-electron chi connectivity index (χ1n) is 9.01. The van der Waals surface area contributed by atoms with Gasteiger partial charge in [0.1, 0.15) is 6.04 Å². The Balaban J connectivity index is 2.64. The van der Waals surface area contributed by atoms with E-state index in [1.165, 1.54) is 0 Å². The third-order valence-electron chi connectivity index (χ3n) is 4.03. The highest BCUT2D eigenvalue weighted by Gasteiger charge is 2.28. The maximum Gasteiger partial charge on any atom is 0.328 e. The van der Waals surface area contributed by atoms with Crippen molar-refractivity contribution in [2.45, 2.75) is 59.0 Å². The summed E-state index contributed by atoms with van der Waals surface area (Å²) in [5, 5.41) is 8.34. The molecule has 7 heteroatoms. The minimum absolute atomic E-state index is 0.0286. The summed E-state index contributed by atoms with van der Waals surface area (Å²) in [5.74, 6) is -0.258. The van der Waals surface area contributed by atoms with Gasteiger partial charge in [-0.25, -0.2) is 9.59 Å². The number of urea groups is 1. The molecule has 1 aliphatic heterocycles. The summed E-state index contributed by atoms with van der Waals surface area (Å²) in [4.78, 5) is 36.1. The number of nitrogens with one attached hydrogen (secondary N) is 3. The molecule has 142 valence electrons. The molecule has 1 fully saturated rings. The molecule has 1 saturated heterocycles. The van der Waals surface area contributed by atoms with E-state index in [4.69, 9.17) is 4.74 Å². The zero-order valence-electron chi connectivity index (χ0n) is 15.6. The number of hydrogen-bond acceptors (Lipinski definition) is 4. The molecule has 3 atom stereocenters. The third-order valence-corrected chi connectivity index (χ3v) is 4.03. The van der Waals surface area contributed by atoms with Gasteiger partial charge < -0.3 is 20.7 Å². The van der Waals surface area contributed by atoms with Gasteiger partial charge in [0.05, 0.1) is 6.61 Å². The molecule has 7 nitrogen and oxygen atoms in total. The molecule has 1 aliphatic rings. The Morgan fingerprint density at radius 3 is 2.60 bits per heavy atom. The second-order valence-corrected chi connectivity index (χ2v) is 6.70. The normalized spacial score (nSPS) is 19.6. The Morgan fingerprint density at radius 2 is 2.08 bits per heavy atom. The van der Waals surface area contributed by atoms with Gasteiger partial charge >= 0.3 is 12.0 Å². The Kier molecular flexibility index (Phi) is 9.02. The van der Waals surface area contributed by atoms with Crippen molar-refractivity contribution in [1.82, 2.24) is 16.0 Å². The number of hydrogen-bond donors (Lipinski definition) is 3. The Bertz CT molecular complexity index is 491. The lowest BCUT2D eigenvalue weighted by atomic mass is 9.98. The highest BCUT2D eigenvalue weighted by Crippen LogP contribution is 2.17. The van der Waals surface area contributed by atoms with Crippen LogP contribution in [-0.4, -0.2) is 43.1 Å². The SMILES string of the molecule is C/C=C/[C@H](C[C@@H]1CCNC1=O)NC(=O)N[C@@H](CC(C)C)C(=O)OCC. The van der Waals surface area contributed by atoms with Crippen LogP contribution in [0.15, 0.2) is 12.2 Å². The minimum atomic E-state index is -0.680. The Labute approximate surface area is 149 Å². The summed E-state index contributed by atoms with van der Waals surface area (Å²) in [7, 11) is 0. The lowest BCUT2D eigenvalue weighted by molar-refractivity contribution is -0.145. The van der Waals surface area contributed by atoms with Crippen LogP contribution in [0.3, 0.4) is 0 Å². The summed E-state index contributed by atoms with van der Waals surface area (Å²) in [6.45, 7) is 8.51. The first-order chi connectivity index (χ1) is 11.9. The molecule has 0 aromatic carbocycles. The number of carbonyl (C=O) groups excluding carboxylic acids is 3. The van der Waals surface area contributed by atoms with Crippen molar-refractivity contribution in [3.05, 3.63) is 12.2 Å². The van der Waals surface area contributed by atoms with Crippen LogP contribution >= 0.6 is 0 Å². The van der Waals surface area contributed by atoms with Gasteiger partial charge in [0, 0.05) is 18.5 Å².